The number of sulfonamides is 1. The predicted molar refractivity (Wildman–Crippen MR) is 97.5 cm³/mol. The minimum absolute atomic E-state index is 0.0187. The van der Waals surface area contributed by atoms with Crippen molar-refractivity contribution in [3.05, 3.63) is 54.1 Å². The number of anilines is 1. The molecule has 1 atom stereocenters. The maximum atomic E-state index is 12.5. The zero-order chi connectivity index (χ0) is 18.4. The molecule has 2 rings (SSSR count). The van der Waals surface area contributed by atoms with Gasteiger partial charge in [-0.15, -0.1) is 0 Å². The van der Waals surface area contributed by atoms with Gasteiger partial charge in [-0.25, -0.2) is 8.42 Å². The van der Waals surface area contributed by atoms with Crippen LogP contribution < -0.4 is 14.8 Å². The molecule has 25 heavy (non-hydrogen) atoms. The van der Waals surface area contributed by atoms with Gasteiger partial charge in [0.2, 0.25) is 0 Å². The monoisotopic (exact) mass is 362 g/mol. The zero-order valence-corrected chi connectivity index (χ0v) is 15.3. The van der Waals surface area contributed by atoms with Crippen molar-refractivity contribution in [1.29, 1.82) is 0 Å². The highest BCUT2D eigenvalue weighted by Gasteiger charge is 2.17. The molecule has 0 aromatic heterocycles. The molecule has 2 aromatic carbocycles. The van der Waals surface area contributed by atoms with Crippen molar-refractivity contribution < 1.29 is 17.9 Å². The molecule has 0 heterocycles. The molecule has 134 valence electrons. The van der Waals surface area contributed by atoms with Crippen molar-refractivity contribution in [2.75, 3.05) is 11.8 Å². The van der Waals surface area contributed by atoms with Crippen LogP contribution in [0.15, 0.2) is 53.4 Å². The van der Waals surface area contributed by atoms with Crippen molar-refractivity contribution in [2.24, 2.45) is 0 Å². The SMILES string of the molecule is CCC(C)NC(=O)c1cccc(S(=O)(=O)Nc2ccc(OC)cc2)c1. The van der Waals surface area contributed by atoms with Crippen LogP contribution >= 0.6 is 0 Å². The number of amides is 1. The first-order chi connectivity index (χ1) is 11.9. The van der Waals surface area contributed by atoms with E-state index in [9.17, 15) is 13.2 Å². The molecule has 6 nitrogen and oxygen atoms in total. The lowest BCUT2D eigenvalue weighted by Crippen LogP contribution is -2.32. The number of benzene rings is 2. The van der Waals surface area contributed by atoms with Crippen molar-refractivity contribution in [3.63, 3.8) is 0 Å². The van der Waals surface area contributed by atoms with Gasteiger partial charge in [0.15, 0.2) is 0 Å². The van der Waals surface area contributed by atoms with Crippen LogP contribution in [0.3, 0.4) is 0 Å². The number of carbonyl (C=O) groups excluding carboxylic acids is 1. The third-order valence-electron chi connectivity index (χ3n) is 3.74. The van der Waals surface area contributed by atoms with Gasteiger partial charge in [-0.2, -0.15) is 0 Å². The van der Waals surface area contributed by atoms with E-state index in [-0.39, 0.29) is 16.8 Å². The molecule has 0 radical (unpaired) electrons. The third-order valence-corrected chi connectivity index (χ3v) is 5.12. The summed E-state index contributed by atoms with van der Waals surface area (Å²) in [7, 11) is -2.26. The second kappa shape index (κ2) is 8.02. The maximum Gasteiger partial charge on any atom is 0.261 e. The molecule has 0 aliphatic rings. The Morgan fingerprint density at radius 1 is 1.16 bits per heavy atom. The van der Waals surface area contributed by atoms with Gasteiger partial charge in [0.1, 0.15) is 5.75 Å². The summed E-state index contributed by atoms with van der Waals surface area (Å²) in [6.07, 6.45) is 0.794. The highest BCUT2D eigenvalue weighted by Crippen LogP contribution is 2.20. The van der Waals surface area contributed by atoms with Crippen molar-refractivity contribution >= 4 is 21.6 Å². The lowest BCUT2D eigenvalue weighted by molar-refractivity contribution is 0.0939. The first-order valence-corrected chi connectivity index (χ1v) is 9.42. The van der Waals surface area contributed by atoms with Gasteiger partial charge in [0.25, 0.3) is 15.9 Å². The van der Waals surface area contributed by atoms with E-state index in [0.29, 0.717) is 17.0 Å². The van der Waals surface area contributed by atoms with Crippen molar-refractivity contribution in [3.8, 4) is 5.75 Å². The second-order valence-electron chi connectivity index (χ2n) is 5.64. The van der Waals surface area contributed by atoms with Gasteiger partial charge in [0.05, 0.1) is 12.0 Å². The number of hydrogen-bond acceptors (Lipinski definition) is 4. The topological polar surface area (TPSA) is 84.5 Å². The fourth-order valence-electron chi connectivity index (χ4n) is 2.09. The maximum absolute atomic E-state index is 12.5. The van der Waals surface area contributed by atoms with E-state index in [1.54, 1.807) is 36.4 Å². The number of nitrogens with one attached hydrogen (secondary N) is 2. The van der Waals surface area contributed by atoms with Gasteiger partial charge in [-0.3, -0.25) is 9.52 Å². The van der Waals surface area contributed by atoms with Crippen LogP contribution in [0.2, 0.25) is 0 Å². The molecule has 7 heteroatoms. The summed E-state index contributed by atoms with van der Waals surface area (Å²) in [5.74, 6) is 0.336. The Bertz CT molecular complexity index is 832. The Hall–Kier alpha value is -2.54. The minimum Gasteiger partial charge on any atom is -0.497 e. The third kappa shape index (κ3) is 4.96. The first-order valence-electron chi connectivity index (χ1n) is 7.93. The summed E-state index contributed by atoms with van der Waals surface area (Å²) in [6, 6.07) is 12.5. The van der Waals surface area contributed by atoms with E-state index in [0.717, 1.165) is 6.42 Å². The Morgan fingerprint density at radius 2 is 1.84 bits per heavy atom. The molecular formula is C18H22N2O4S. The van der Waals surface area contributed by atoms with Gasteiger partial charge >= 0.3 is 0 Å². The summed E-state index contributed by atoms with van der Waals surface area (Å²) < 4.78 is 32.6. The number of hydrogen-bond donors (Lipinski definition) is 2. The lowest BCUT2D eigenvalue weighted by Gasteiger charge is -2.13. The van der Waals surface area contributed by atoms with E-state index < -0.39 is 10.0 Å². The summed E-state index contributed by atoms with van der Waals surface area (Å²) >= 11 is 0. The van der Waals surface area contributed by atoms with Gasteiger partial charge in [0, 0.05) is 17.3 Å². The molecule has 0 bridgehead atoms. The standard InChI is InChI=1S/C18H22N2O4S/c1-4-13(2)19-18(21)14-6-5-7-17(12-14)25(22,23)20-15-8-10-16(24-3)11-9-15/h5-13,20H,4H2,1-3H3,(H,19,21). The Balaban J connectivity index is 2.21. The Morgan fingerprint density at radius 3 is 2.44 bits per heavy atom. The molecule has 2 aromatic rings. The highest BCUT2D eigenvalue weighted by molar-refractivity contribution is 7.92. The van der Waals surface area contributed by atoms with Crippen LogP contribution in [0.4, 0.5) is 5.69 Å². The fraction of sp³-hybridized carbons (Fsp3) is 0.278. The average molecular weight is 362 g/mol. The summed E-state index contributed by atoms with van der Waals surface area (Å²) in [5.41, 5.74) is 0.716. The van der Waals surface area contributed by atoms with Gasteiger partial charge in [-0.05, 0) is 55.8 Å². The largest absolute Gasteiger partial charge is 0.497 e. The Kier molecular flexibility index (Phi) is 6.03. The minimum atomic E-state index is -3.79. The smallest absolute Gasteiger partial charge is 0.261 e. The molecule has 0 fully saturated rings. The fourth-order valence-corrected chi connectivity index (χ4v) is 3.19. The molecule has 1 amide bonds. The van der Waals surface area contributed by atoms with E-state index in [1.165, 1.54) is 19.2 Å². The molecule has 0 saturated carbocycles. The van der Waals surface area contributed by atoms with Crippen LogP contribution in [0.1, 0.15) is 30.6 Å². The predicted octanol–water partition coefficient (Wildman–Crippen LogP) is 3.02. The molecule has 0 aliphatic carbocycles. The molecule has 0 aliphatic heterocycles. The molecule has 1 unspecified atom stereocenters. The quantitative estimate of drug-likeness (QED) is 0.793. The van der Waals surface area contributed by atoms with Crippen LogP contribution in [-0.2, 0) is 10.0 Å². The van der Waals surface area contributed by atoms with Crippen molar-refractivity contribution in [2.45, 2.75) is 31.2 Å². The molecule has 0 spiro atoms. The molecular weight excluding hydrogens is 340 g/mol. The van der Waals surface area contributed by atoms with E-state index in [4.69, 9.17) is 4.74 Å². The first kappa shape index (κ1) is 18.8. The Labute approximate surface area is 148 Å². The van der Waals surface area contributed by atoms with Gasteiger partial charge in [-0.1, -0.05) is 13.0 Å². The number of carbonyl (C=O) groups is 1. The molecule has 0 saturated heterocycles. The second-order valence-corrected chi connectivity index (χ2v) is 7.33. The van der Waals surface area contributed by atoms with Gasteiger partial charge < -0.3 is 10.1 Å². The van der Waals surface area contributed by atoms with E-state index in [1.807, 2.05) is 13.8 Å². The molecule has 2 N–H and O–H groups in total. The lowest BCUT2D eigenvalue weighted by atomic mass is 10.2. The summed E-state index contributed by atoms with van der Waals surface area (Å²) in [5, 5.41) is 2.82. The normalized spacial score (nSPS) is 12.3. The average Bonchev–Trinajstić information content (AvgIpc) is 2.62. The van der Waals surface area contributed by atoms with Crippen molar-refractivity contribution in [1.82, 2.24) is 5.32 Å². The number of methoxy groups -OCH3 is 1. The van der Waals surface area contributed by atoms with E-state index >= 15 is 0 Å². The van der Waals surface area contributed by atoms with Crippen LogP contribution in [0, 0.1) is 0 Å². The van der Waals surface area contributed by atoms with Crippen LogP contribution in [0.25, 0.3) is 0 Å². The summed E-state index contributed by atoms with van der Waals surface area (Å²) in [4.78, 5) is 12.2. The number of rotatable bonds is 7. The number of ether oxygens (including phenoxy) is 1. The van der Waals surface area contributed by atoms with Crippen LogP contribution in [-0.4, -0.2) is 27.5 Å². The van der Waals surface area contributed by atoms with Crippen LogP contribution in [0.5, 0.6) is 5.75 Å². The highest BCUT2D eigenvalue weighted by atomic mass is 32.2. The summed E-state index contributed by atoms with van der Waals surface area (Å²) in [6.45, 7) is 3.86. The zero-order valence-electron chi connectivity index (χ0n) is 14.4. The van der Waals surface area contributed by atoms with E-state index in [2.05, 4.69) is 10.0 Å².